The Morgan fingerprint density at radius 3 is 2.27 bits per heavy atom. The summed E-state index contributed by atoms with van der Waals surface area (Å²) in [6.07, 6.45) is 2.85. The fourth-order valence-corrected chi connectivity index (χ4v) is 2.71. The molecule has 1 saturated heterocycles. The van der Waals surface area contributed by atoms with Gasteiger partial charge in [-0.25, -0.2) is 0 Å². The lowest BCUT2D eigenvalue weighted by atomic mass is 9.56. The minimum Gasteiger partial charge on any atom is -0.311 e. The minimum atomic E-state index is 0.520. The lowest BCUT2D eigenvalue weighted by Crippen LogP contribution is -2.64. The van der Waals surface area contributed by atoms with Gasteiger partial charge in [-0.05, 0) is 44.1 Å². The van der Waals surface area contributed by atoms with Crippen LogP contribution in [-0.2, 0) is 0 Å². The Balaban J connectivity index is 1.97. The van der Waals surface area contributed by atoms with E-state index >= 15 is 0 Å². The van der Waals surface area contributed by atoms with Gasteiger partial charge in [-0.1, -0.05) is 13.8 Å². The van der Waals surface area contributed by atoms with E-state index in [-0.39, 0.29) is 0 Å². The smallest absolute Gasteiger partial charge is 0.0196 e. The van der Waals surface area contributed by atoms with Crippen molar-refractivity contribution in [2.45, 2.75) is 39.2 Å². The lowest BCUT2D eigenvalue weighted by Gasteiger charge is -2.56. The Labute approximate surface area is 69.6 Å². The largest absolute Gasteiger partial charge is 0.311 e. The number of nitrogens with one attached hydrogen (secondary N) is 1. The molecule has 1 aliphatic carbocycles. The maximum Gasteiger partial charge on any atom is 0.0196 e. The van der Waals surface area contributed by atoms with Crippen LogP contribution in [0.25, 0.3) is 0 Å². The molecule has 1 heterocycles. The summed E-state index contributed by atoms with van der Waals surface area (Å²) in [5, 5.41) is 3.57. The van der Waals surface area contributed by atoms with E-state index in [1.165, 1.54) is 19.4 Å². The molecule has 0 aromatic rings. The quantitative estimate of drug-likeness (QED) is 0.608. The first-order valence-corrected chi connectivity index (χ1v) is 4.88. The van der Waals surface area contributed by atoms with Crippen LogP contribution in [0.15, 0.2) is 0 Å². The summed E-state index contributed by atoms with van der Waals surface area (Å²) in [4.78, 5) is 0. The van der Waals surface area contributed by atoms with E-state index in [2.05, 4.69) is 26.1 Å². The van der Waals surface area contributed by atoms with Gasteiger partial charge in [0.2, 0.25) is 0 Å². The van der Waals surface area contributed by atoms with Crippen molar-refractivity contribution < 1.29 is 0 Å². The Kier molecular flexibility index (Phi) is 1.54. The van der Waals surface area contributed by atoms with Gasteiger partial charge in [0.1, 0.15) is 0 Å². The molecule has 2 rings (SSSR count). The van der Waals surface area contributed by atoms with Crippen LogP contribution in [0, 0.1) is 17.8 Å². The predicted octanol–water partition coefficient (Wildman–Crippen LogP) is 2.03. The van der Waals surface area contributed by atoms with Crippen molar-refractivity contribution >= 4 is 0 Å². The van der Waals surface area contributed by atoms with Gasteiger partial charge in [-0.2, -0.15) is 0 Å². The van der Waals surface area contributed by atoms with Gasteiger partial charge < -0.3 is 5.32 Å². The van der Waals surface area contributed by atoms with E-state index in [1.54, 1.807) is 0 Å². The van der Waals surface area contributed by atoms with Crippen molar-refractivity contribution in [1.82, 2.24) is 5.32 Å². The van der Waals surface area contributed by atoms with Crippen molar-refractivity contribution in [3.8, 4) is 0 Å². The van der Waals surface area contributed by atoms with Crippen LogP contribution in [0.5, 0.6) is 0 Å². The molecule has 1 nitrogen and oxygen atoms in total. The summed E-state index contributed by atoms with van der Waals surface area (Å²) in [5.74, 6) is 2.89. The van der Waals surface area contributed by atoms with Crippen LogP contribution >= 0.6 is 0 Å². The molecule has 0 radical (unpaired) electrons. The first-order valence-electron chi connectivity index (χ1n) is 4.88. The minimum absolute atomic E-state index is 0.520. The van der Waals surface area contributed by atoms with Crippen LogP contribution in [0.1, 0.15) is 33.6 Å². The van der Waals surface area contributed by atoms with Gasteiger partial charge >= 0.3 is 0 Å². The van der Waals surface area contributed by atoms with Crippen LogP contribution in [0.4, 0.5) is 0 Å². The van der Waals surface area contributed by atoms with Gasteiger partial charge in [-0.3, -0.25) is 0 Å². The normalized spacial score (nSPS) is 56.5. The highest BCUT2D eigenvalue weighted by Gasteiger charge is 2.48. The zero-order valence-electron chi connectivity index (χ0n) is 7.85. The molecule has 0 amide bonds. The van der Waals surface area contributed by atoms with E-state index < -0.39 is 0 Å². The lowest BCUT2D eigenvalue weighted by molar-refractivity contribution is -0.0148. The molecule has 1 heteroatoms. The standard InChI is InChI=1S/C10H19N/c1-7-6-9(8(7)2)10(3)4-5-11-10/h7-9,11H,4-6H2,1-3H3/t7-,8+,9?,10?/m0/s1. The molecule has 4 atom stereocenters. The number of hydrogen-bond acceptors (Lipinski definition) is 1. The van der Waals surface area contributed by atoms with Gasteiger partial charge in [0.15, 0.2) is 0 Å². The third-order valence-corrected chi connectivity index (χ3v) is 4.15. The van der Waals surface area contributed by atoms with E-state index in [9.17, 15) is 0 Å². The van der Waals surface area contributed by atoms with Crippen LogP contribution < -0.4 is 5.32 Å². The third-order valence-electron chi connectivity index (χ3n) is 4.15. The monoisotopic (exact) mass is 153 g/mol. The molecule has 0 aromatic carbocycles. The van der Waals surface area contributed by atoms with Gasteiger partial charge in [0, 0.05) is 5.54 Å². The summed E-state index contributed by atoms with van der Waals surface area (Å²) < 4.78 is 0. The van der Waals surface area contributed by atoms with Crippen LogP contribution in [0.3, 0.4) is 0 Å². The molecule has 1 aliphatic heterocycles. The maximum atomic E-state index is 3.57. The number of hydrogen-bond donors (Lipinski definition) is 1. The summed E-state index contributed by atoms with van der Waals surface area (Å²) >= 11 is 0. The molecule has 2 fully saturated rings. The predicted molar refractivity (Wildman–Crippen MR) is 47.5 cm³/mol. The second-order valence-corrected chi connectivity index (χ2v) is 4.77. The third kappa shape index (κ3) is 0.936. The van der Waals surface area contributed by atoms with Crippen LogP contribution in [0.2, 0.25) is 0 Å². The molecule has 11 heavy (non-hydrogen) atoms. The highest BCUT2D eigenvalue weighted by atomic mass is 15.1. The Morgan fingerprint density at radius 1 is 1.36 bits per heavy atom. The molecular weight excluding hydrogens is 134 g/mol. The molecule has 2 aliphatic rings. The summed E-state index contributed by atoms with van der Waals surface area (Å²) in [6, 6.07) is 0. The molecule has 0 spiro atoms. The topological polar surface area (TPSA) is 12.0 Å². The molecule has 2 unspecified atom stereocenters. The molecular formula is C10H19N. The zero-order valence-corrected chi connectivity index (χ0v) is 7.85. The first kappa shape index (κ1) is 7.60. The van der Waals surface area contributed by atoms with Crippen molar-refractivity contribution in [2.75, 3.05) is 6.54 Å². The highest BCUT2D eigenvalue weighted by molar-refractivity contribution is 5.04. The fraction of sp³-hybridized carbons (Fsp3) is 1.00. The van der Waals surface area contributed by atoms with E-state index in [0.29, 0.717) is 5.54 Å². The summed E-state index contributed by atoms with van der Waals surface area (Å²) in [5.41, 5.74) is 0.520. The zero-order chi connectivity index (χ0) is 8.06. The highest BCUT2D eigenvalue weighted by Crippen LogP contribution is 2.48. The molecule has 0 aromatic heterocycles. The van der Waals surface area contributed by atoms with Gasteiger partial charge in [0.25, 0.3) is 0 Å². The van der Waals surface area contributed by atoms with Gasteiger partial charge in [0.05, 0.1) is 0 Å². The summed E-state index contributed by atoms with van der Waals surface area (Å²) in [6.45, 7) is 8.42. The molecule has 1 saturated carbocycles. The number of rotatable bonds is 1. The van der Waals surface area contributed by atoms with Gasteiger partial charge in [-0.15, -0.1) is 0 Å². The second-order valence-electron chi connectivity index (χ2n) is 4.77. The average Bonchev–Trinajstić information content (AvgIpc) is 1.95. The average molecular weight is 153 g/mol. The SMILES string of the molecule is C[C@H]1CC(C2(C)CCN2)[C@@H]1C. The van der Waals surface area contributed by atoms with Crippen molar-refractivity contribution in [1.29, 1.82) is 0 Å². The Morgan fingerprint density at radius 2 is 2.00 bits per heavy atom. The Bertz CT molecular complexity index is 160. The van der Waals surface area contributed by atoms with Crippen LogP contribution in [-0.4, -0.2) is 12.1 Å². The van der Waals surface area contributed by atoms with Crippen molar-refractivity contribution in [2.24, 2.45) is 17.8 Å². The Hall–Kier alpha value is -0.0400. The first-order chi connectivity index (χ1) is 5.13. The molecule has 64 valence electrons. The molecule has 0 bridgehead atoms. The van der Waals surface area contributed by atoms with E-state index in [0.717, 1.165) is 17.8 Å². The van der Waals surface area contributed by atoms with Crippen molar-refractivity contribution in [3.05, 3.63) is 0 Å². The summed E-state index contributed by atoms with van der Waals surface area (Å²) in [7, 11) is 0. The fourth-order valence-electron chi connectivity index (χ4n) is 2.71. The van der Waals surface area contributed by atoms with E-state index in [1.807, 2.05) is 0 Å². The van der Waals surface area contributed by atoms with E-state index in [4.69, 9.17) is 0 Å². The van der Waals surface area contributed by atoms with Crippen molar-refractivity contribution in [3.63, 3.8) is 0 Å². The second kappa shape index (κ2) is 2.22. The maximum absolute atomic E-state index is 3.57. The molecule has 1 N–H and O–H groups in total.